The lowest BCUT2D eigenvalue weighted by atomic mass is 10.1. The fourth-order valence-electron chi connectivity index (χ4n) is 3.94. The lowest BCUT2D eigenvalue weighted by molar-refractivity contribution is -0.138. The maximum Gasteiger partial charge on any atom is 0.416 e. The minimum atomic E-state index is -4.36. The van der Waals surface area contributed by atoms with E-state index >= 15 is 0 Å². The number of aromatic nitrogens is 1. The van der Waals surface area contributed by atoms with Crippen LogP contribution in [0.25, 0.3) is 10.2 Å². The molecule has 164 valence electrons. The third kappa shape index (κ3) is 4.99. The Bertz CT molecular complexity index is 1100. The number of hydrogen-bond donors (Lipinski definition) is 1. The van der Waals surface area contributed by atoms with Gasteiger partial charge in [0.15, 0.2) is 5.13 Å². The van der Waals surface area contributed by atoms with Gasteiger partial charge in [-0.25, -0.2) is 4.98 Å². The van der Waals surface area contributed by atoms with E-state index in [0.29, 0.717) is 10.2 Å². The molecule has 0 spiro atoms. The number of halogens is 3. The topological polar surface area (TPSA) is 56.7 Å². The summed E-state index contributed by atoms with van der Waals surface area (Å²) in [4.78, 5) is 20.0. The minimum absolute atomic E-state index is 0.00564. The molecule has 9 heteroatoms. The second-order valence-electron chi connectivity index (χ2n) is 7.84. The quantitative estimate of drug-likeness (QED) is 0.614. The van der Waals surface area contributed by atoms with E-state index in [1.807, 2.05) is 24.3 Å². The van der Waals surface area contributed by atoms with Crippen LogP contribution in [-0.2, 0) is 23.9 Å². The Morgan fingerprint density at radius 2 is 1.97 bits per heavy atom. The Balaban J connectivity index is 1.44. The van der Waals surface area contributed by atoms with Crippen LogP contribution in [0.4, 0.5) is 18.3 Å². The third-order valence-electron chi connectivity index (χ3n) is 5.41. The van der Waals surface area contributed by atoms with Crippen LogP contribution in [0.2, 0.25) is 0 Å². The van der Waals surface area contributed by atoms with Gasteiger partial charge in [0.1, 0.15) is 0 Å². The molecule has 1 aromatic heterocycles. The van der Waals surface area contributed by atoms with E-state index < -0.39 is 17.7 Å². The molecule has 1 atom stereocenters. The Morgan fingerprint density at radius 1 is 1.19 bits per heavy atom. The van der Waals surface area contributed by atoms with Crippen molar-refractivity contribution in [2.75, 3.05) is 24.5 Å². The third-order valence-corrected chi connectivity index (χ3v) is 6.47. The summed E-state index contributed by atoms with van der Waals surface area (Å²) >= 11 is 1.29. The summed E-state index contributed by atoms with van der Waals surface area (Å²) in [6.07, 6.45) is -4.36. The summed E-state index contributed by atoms with van der Waals surface area (Å²) in [5.74, 6) is -0.849. The van der Waals surface area contributed by atoms with Gasteiger partial charge in [-0.15, -0.1) is 0 Å². The first kappa shape index (κ1) is 21.6. The van der Waals surface area contributed by atoms with Crippen molar-refractivity contribution in [1.82, 2.24) is 9.88 Å². The smallest absolute Gasteiger partial charge is 0.416 e. The van der Waals surface area contributed by atoms with Crippen LogP contribution in [0.15, 0.2) is 42.5 Å². The first-order valence-corrected chi connectivity index (χ1v) is 10.8. The average molecular weight is 449 g/mol. The van der Waals surface area contributed by atoms with Crippen molar-refractivity contribution in [2.24, 2.45) is 0 Å². The Hall–Kier alpha value is -2.65. The Morgan fingerprint density at radius 3 is 2.68 bits per heavy atom. The first-order valence-electron chi connectivity index (χ1n) is 9.95. The monoisotopic (exact) mass is 449 g/mol. The highest BCUT2D eigenvalue weighted by molar-refractivity contribution is 7.22. The van der Waals surface area contributed by atoms with Gasteiger partial charge < -0.3 is 10.0 Å². The van der Waals surface area contributed by atoms with E-state index in [1.54, 1.807) is 0 Å². The lowest BCUT2D eigenvalue weighted by Gasteiger charge is -2.39. The van der Waals surface area contributed by atoms with E-state index in [0.717, 1.165) is 48.5 Å². The molecule has 1 N–H and O–H groups in total. The Kier molecular flexibility index (Phi) is 5.90. The van der Waals surface area contributed by atoms with E-state index in [2.05, 4.69) is 21.7 Å². The maximum absolute atomic E-state index is 13.0. The van der Waals surface area contributed by atoms with Gasteiger partial charge >= 0.3 is 12.1 Å². The minimum Gasteiger partial charge on any atom is -0.481 e. The normalized spacial score (nSPS) is 17.9. The van der Waals surface area contributed by atoms with Crippen LogP contribution in [0.5, 0.6) is 0 Å². The number of alkyl halides is 3. The predicted octanol–water partition coefficient (Wildman–Crippen LogP) is 4.65. The van der Waals surface area contributed by atoms with Crippen molar-refractivity contribution in [2.45, 2.75) is 32.1 Å². The number of anilines is 1. The van der Waals surface area contributed by atoms with Gasteiger partial charge in [0.25, 0.3) is 0 Å². The molecule has 3 aromatic rings. The van der Waals surface area contributed by atoms with Crippen molar-refractivity contribution in [1.29, 1.82) is 0 Å². The van der Waals surface area contributed by atoms with Crippen LogP contribution < -0.4 is 4.90 Å². The molecule has 5 nitrogen and oxygen atoms in total. The highest BCUT2D eigenvalue weighted by Gasteiger charge is 2.31. The molecule has 1 aliphatic rings. The zero-order valence-corrected chi connectivity index (χ0v) is 17.7. The molecule has 4 rings (SSSR count). The summed E-state index contributed by atoms with van der Waals surface area (Å²) in [7, 11) is 0. The number of benzene rings is 2. The number of hydrogen-bond acceptors (Lipinski definition) is 5. The van der Waals surface area contributed by atoms with Gasteiger partial charge in [0.05, 0.1) is 22.2 Å². The summed E-state index contributed by atoms with van der Waals surface area (Å²) in [5, 5.41) is 9.72. The summed E-state index contributed by atoms with van der Waals surface area (Å²) in [6.45, 7) is 5.10. The number of fused-ring (bicyclic) bond motifs is 1. The summed E-state index contributed by atoms with van der Waals surface area (Å²) in [6, 6.07) is 11.4. The number of aliphatic carboxylic acids is 1. The van der Waals surface area contributed by atoms with Crippen LogP contribution >= 0.6 is 11.3 Å². The molecule has 31 heavy (non-hydrogen) atoms. The number of rotatable bonds is 5. The fraction of sp³-hybridized carbons (Fsp3) is 0.364. The Labute approximate surface area is 181 Å². The lowest BCUT2D eigenvalue weighted by Crippen LogP contribution is -2.51. The van der Waals surface area contributed by atoms with Gasteiger partial charge in [-0.2, -0.15) is 13.2 Å². The number of nitrogens with zero attached hydrogens (tertiary/aromatic N) is 3. The van der Waals surface area contributed by atoms with E-state index in [9.17, 15) is 18.0 Å². The summed E-state index contributed by atoms with van der Waals surface area (Å²) in [5.41, 5.74) is 1.78. The highest BCUT2D eigenvalue weighted by atomic mass is 32.1. The van der Waals surface area contributed by atoms with Crippen LogP contribution in [0.1, 0.15) is 23.6 Å². The molecule has 1 saturated heterocycles. The molecule has 2 aromatic carbocycles. The number of carboxylic acid groups (broad SMARTS) is 1. The van der Waals surface area contributed by atoms with E-state index in [1.165, 1.54) is 23.5 Å². The molecule has 0 aliphatic carbocycles. The van der Waals surface area contributed by atoms with Crippen molar-refractivity contribution in [3.05, 3.63) is 59.2 Å². The van der Waals surface area contributed by atoms with E-state index in [-0.39, 0.29) is 12.5 Å². The molecule has 0 unspecified atom stereocenters. The average Bonchev–Trinajstić information content (AvgIpc) is 3.10. The molecule has 2 heterocycles. The van der Waals surface area contributed by atoms with Gasteiger partial charge in [0, 0.05) is 32.2 Å². The molecule has 0 bridgehead atoms. The molecular weight excluding hydrogens is 427 g/mol. The van der Waals surface area contributed by atoms with E-state index in [4.69, 9.17) is 5.11 Å². The van der Waals surface area contributed by atoms with Crippen molar-refractivity contribution < 1.29 is 23.1 Å². The van der Waals surface area contributed by atoms with Crippen molar-refractivity contribution >= 4 is 32.7 Å². The van der Waals surface area contributed by atoms with Gasteiger partial charge in [-0.05, 0) is 36.2 Å². The van der Waals surface area contributed by atoms with Crippen molar-refractivity contribution in [3.63, 3.8) is 0 Å². The second kappa shape index (κ2) is 8.47. The molecular formula is C22H22F3N3O2S. The molecule has 1 fully saturated rings. The number of thiazole rings is 1. The van der Waals surface area contributed by atoms with Crippen molar-refractivity contribution in [3.8, 4) is 0 Å². The highest BCUT2D eigenvalue weighted by Crippen LogP contribution is 2.36. The largest absolute Gasteiger partial charge is 0.481 e. The standard InChI is InChI=1S/C22H22F3N3O2S/c1-14-12-27(13-16-4-2-3-15(9-16)10-20(29)30)7-8-28(14)21-26-18-6-5-17(22(23,24)25)11-19(18)31-21/h2-6,9,11,14H,7-8,10,12-13H2,1H3,(H,29,30)/t14-/m0/s1. The molecule has 0 amide bonds. The molecule has 0 radical (unpaired) electrons. The van der Waals surface area contributed by atoms with Gasteiger partial charge in [-0.1, -0.05) is 35.6 Å². The molecule has 0 saturated carbocycles. The number of piperazine rings is 1. The zero-order valence-electron chi connectivity index (χ0n) is 16.9. The number of carbonyl (C=O) groups is 1. The fourth-order valence-corrected chi connectivity index (χ4v) is 5.08. The van der Waals surface area contributed by atoms with Crippen LogP contribution in [0, 0.1) is 0 Å². The second-order valence-corrected chi connectivity index (χ2v) is 8.85. The summed E-state index contributed by atoms with van der Waals surface area (Å²) < 4.78 is 39.5. The van der Waals surface area contributed by atoms with Crippen LogP contribution in [0.3, 0.4) is 0 Å². The van der Waals surface area contributed by atoms with Crippen LogP contribution in [-0.4, -0.2) is 46.6 Å². The number of carboxylic acids is 1. The zero-order chi connectivity index (χ0) is 22.2. The van der Waals surface area contributed by atoms with Gasteiger partial charge in [0.2, 0.25) is 0 Å². The molecule has 1 aliphatic heterocycles. The predicted molar refractivity (Wildman–Crippen MR) is 114 cm³/mol. The maximum atomic E-state index is 13.0. The SMILES string of the molecule is C[C@H]1CN(Cc2cccc(CC(=O)O)c2)CCN1c1nc2ccc(C(F)(F)F)cc2s1. The van der Waals surface area contributed by atoms with Gasteiger partial charge in [-0.3, -0.25) is 9.69 Å². The first-order chi connectivity index (χ1) is 14.7.